The lowest BCUT2D eigenvalue weighted by molar-refractivity contribution is -0.119. The van der Waals surface area contributed by atoms with Crippen LogP contribution in [0.5, 0.6) is 0 Å². The Balaban J connectivity index is 1.48. The zero-order valence-corrected chi connectivity index (χ0v) is 19.9. The largest absolute Gasteiger partial charge is 0.347 e. The number of hydrogen-bond acceptors (Lipinski definition) is 8. The number of nitrogens with zero attached hydrogens (tertiary/aromatic N) is 5. The van der Waals surface area contributed by atoms with Crippen molar-refractivity contribution < 1.29 is 9.59 Å². The first-order valence-electron chi connectivity index (χ1n) is 10.8. The zero-order chi connectivity index (χ0) is 23.5. The number of hydrogen-bond donors (Lipinski definition) is 2. The van der Waals surface area contributed by atoms with Gasteiger partial charge in [0.15, 0.2) is 5.82 Å². The summed E-state index contributed by atoms with van der Waals surface area (Å²) in [7, 11) is 1.75. The summed E-state index contributed by atoms with van der Waals surface area (Å²) in [5.41, 5.74) is 3.76. The van der Waals surface area contributed by atoms with E-state index >= 15 is 0 Å². The Morgan fingerprint density at radius 1 is 1.21 bits per heavy atom. The van der Waals surface area contributed by atoms with E-state index in [1.54, 1.807) is 42.0 Å². The van der Waals surface area contributed by atoms with Crippen LogP contribution in [0.4, 0.5) is 23.1 Å². The number of benzene rings is 1. The number of thiazole rings is 1. The lowest BCUT2D eigenvalue weighted by atomic mass is 10.1. The van der Waals surface area contributed by atoms with Gasteiger partial charge in [0.1, 0.15) is 11.7 Å². The molecule has 9 nitrogen and oxygen atoms in total. The average Bonchev–Trinajstić information content (AvgIpc) is 3.33. The fraction of sp³-hybridized carbons (Fsp3) is 0.348. The Labute approximate surface area is 196 Å². The maximum atomic E-state index is 12.6. The van der Waals surface area contributed by atoms with Crippen LogP contribution >= 0.6 is 11.3 Å². The van der Waals surface area contributed by atoms with Crippen LogP contribution < -0.4 is 20.4 Å². The summed E-state index contributed by atoms with van der Waals surface area (Å²) < 4.78 is 0. The highest BCUT2D eigenvalue weighted by Crippen LogP contribution is 2.34. The van der Waals surface area contributed by atoms with E-state index in [-0.39, 0.29) is 17.9 Å². The van der Waals surface area contributed by atoms with E-state index in [4.69, 9.17) is 4.98 Å². The van der Waals surface area contributed by atoms with Gasteiger partial charge in [0, 0.05) is 35.9 Å². The Bertz CT molecular complexity index is 1130. The molecule has 1 aliphatic rings. The third-order valence-electron chi connectivity index (χ3n) is 5.41. The summed E-state index contributed by atoms with van der Waals surface area (Å²) in [6.45, 7) is 7.30. The van der Waals surface area contributed by atoms with Gasteiger partial charge in [-0.1, -0.05) is 13.8 Å². The molecule has 1 aromatic carbocycles. The molecule has 2 N–H and O–H groups in total. The zero-order valence-electron chi connectivity index (χ0n) is 19.1. The fourth-order valence-electron chi connectivity index (χ4n) is 3.66. The molecule has 0 fully saturated rings. The minimum absolute atomic E-state index is 0.0247. The minimum atomic E-state index is -0.296. The molecule has 2 amide bonds. The predicted molar refractivity (Wildman–Crippen MR) is 130 cm³/mol. The van der Waals surface area contributed by atoms with Gasteiger partial charge >= 0.3 is 0 Å². The fourth-order valence-corrected chi connectivity index (χ4v) is 4.20. The smallest absolute Gasteiger partial charge is 0.251 e. The second-order valence-corrected chi connectivity index (χ2v) is 9.35. The van der Waals surface area contributed by atoms with Gasteiger partial charge in [0.05, 0.1) is 18.3 Å². The first-order chi connectivity index (χ1) is 15.8. The lowest BCUT2D eigenvalue weighted by Gasteiger charge is -2.39. The number of anilines is 4. The van der Waals surface area contributed by atoms with Crippen LogP contribution in [0.2, 0.25) is 0 Å². The molecule has 33 heavy (non-hydrogen) atoms. The first kappa shape index (κ1) is 22.7. The van der Waals surface area contributed by atoms with Gasteiger partial charge in [-0.15, -0.1) is 11.3 Å². The molecule has 2 aromatic heterocycles. The summed E-state index contributed by atoms with van der Waals surface area (Å²) in [5.74, 6) is 1.41. The van der Waals surface area contributed by atoms with Crippen LogP contribution in [0.1, 0.15) is 36.0 Å². The van der Waals surface area contributed by atoms with E-state index in [1.165, 1.54) is 11.3 Å². The summed E-state index contributed by atoms with van der Waals surface area (Å²) in [6, 6.07) is 6.84. The second-order valence-electron chi connectivity index (χ2n) is 8.37. The molecule has 0 saturated heterocycles. The SMILES string of the molecule is CC(C)CN1c2nc(Nc3ccc(C(=O)NCc4cncs4)cc3)ncc2N(C)C(=O)C1C. The van der Waals surface area contributed by atoms with Gasteiger partial charge in [-0.2, -0.15) is 4.98 Å². The number of rotatable bonds is 7. The van der Waals surface area contributed by atoms with E-state index in [0.29, 0.717) is 29.7 Å². The summed E-state index contributed by atoms with van der Waals surface area (Å²) in [5, 5.41) is 6.08. The Morgan fingerprint density at radius 3 is 2.64 bits per heavy atom. The standard InChI is InChI=1S/C23H27N7O2S/c1-14(2)12-30-15(3)22(32)29(4)19-11-26-23(28-20(19)30)27-17-7-5-16(6-8-17)21(31)25-10-18-9-24-13-33-18/h5-9,11,13-15H,10,12H2,1-4H3,(H,25,31)(H,26,27,28). The molecule has 1 atom stereocenters. The molecule has 3 heterocycles. The third-order valence-corrected chi connectivity index (χ3v) is 6.19. The van der Waals surface area contributed by atoms with Gasteiger partial charge in [-0.05, 0) is 37.1 Å². The summed E-state index contributed by atoms with van der Waals surface area (Å²) in [6.07, 6.45) is 3.41. The van der Waals surface area contributed by atoms with Crippen LogP contribution in [-0.4, -0.2) is 46.4 Å². The molecular formula is C23H27N7O2S. The highest BCUT2D eigenvalue weighted by molar-refractivity contribution is 7.09. The molecular weight excluding hydrogens is 438 g/mol. The molecule has 4 rings (SSSR count). The minimum Gasteiger partial charge on any atom is -0.347 e. The Kier molecular flexibility index (Phi) is 6.55. The van der Waals surface area contributed by atoms with E-state index in [0.717, 1.165) is 22.9 Å². The number of aromatic nitrogens is 3. The summed E-state index contributed by atoms with van der Waals surface area (Å²) in [4.78, 5) is 42.8. The number of carbonyl (C=O) groups excluding carboxylic acids is 2. The topological polar surface area (TPSA) is 103 Å². The van der Waals surface area contributed by atoms with E-state index in [1.807, 2.05) is 24.0 Å². The van der Waals surface area contributed by atoms with Crippen molar-refractivity contribution in [1.82, 2.24) is 20.3 Å². The molecule has 0 aliphatic carbocycles. The number of nitrogens with one attached hydrogen (secondary N) is 2. The molecule has 0 saturated carbocycles. The number of fused-ring (bicyclic) bond motifs is 1. The Hall–Kier alpha value is -3.53. The third kappa shape index (κ3) is 4.95. The average molecular weight is 466 g/mol. The second kappa shape index (κ2) is 9.53. The molecule has 172 valence electrons. The normalized spacial score (nSPS) is 15.5. The number of carbonyl (C=O) groups is 2. The molecule has 10 heteroatoms. The first-order valence-corrected chi connectivity index (χ1v) is 11.7. The van der Waals surface area contributed by atoms with Crippen molar-refractivity contribution in [2.75, 3.05) is 28.7 Å². The van der Waals surface area contributed by atoms with Gasteiger partial charge in [0.2, 0.25) is 11.9 Å². The van der Waals surface area contributed by atoms with E-state index in [2.05, 4.69) is 34.4 Å². The maximum Gasteiger partial charge on any atom is 0.251 e. The van der Waals surface area contributed by atoms with Gasteiger partial charge < -0.3 is 20.4 Å². The number of likely N-dealkylation sites (N-methyl/N-ethyl adjacent to an activating group) is 1. The van der Waals surface area contributed by atoms with Crippen molar-refractivity contribution in [2.45, 2.75) is 33.4 Å². The van der Waals surface area contributed by atoms with Crippen LogP contribution in [-0.2, 0) is 11.3 Å². The summed E-state index contributed by atoms with van der Waals surface area (Å²) >= 11 is 1.50. The van der Waals surface area contributed by atoms with Crippen molar-refractivity contribution in [1.29, 1.82) is 0 Å². The highest BCUT2D eigenvalue weighted by Gasteiger charge is 2.35. The molecule has 0 spiro atoms. The van der Waals surface area contributed by atoms with Crippen LogP contribution in [0.3, 0.4) is 0 Å². The van der Waals surface area contributed by atoms with Crippen molar-refractivity contribution >= 4 is 46.3 Å². The maximum absolute atomic E-state index is 12.6. The van der Waals surface area contributed by atoms with E-state index in [9.17, 15) is 9.59 Å². The van der Waals surface area contributed by atoms with Crippen molar-refractivity contribution in [3.8, 4) is 0 Å². The predicted octanol–water partition coefficient (Wildman–Crippen LogP) is 3.43. The molecule has 1 aliphatic heterocycles. The van der Waals surface area contributed by atoms with Crippen molar-refractivity contribution in [2.24, 2.45) is 5.92 Å². The molecule has 0 bridgehead atoms. The Morgan fingerprint density at radius 2 is 1.97 bits per heavy atom. The van der Waals surface area contributed by atoms with Crippen LogP contribution in [0, 0.1) is 5.92 Å². The van der Waals surface area contributed by atoms with E-state index < -0.39 is 0 Å². The van der Waals surface area contributed by atoms with Gasteiger partial charge in [-0.25, -0.2) is 4.98 Å². The van der Waals surface area contributed by atoms with Crippen LogP contribution in [0.25, 0.3) is 0 Å². The molecule has 3 aromatic rings. The lowest BCUT2D eigenvalue weighted by Crippen LogP contribution is -2.52. The monoisotopic (exact) mass is 465 g/mol. The number of amides is 2. The quantitative estimate of drug-likeness (QED) is 0.551. The molecule has 0 radical (unpaired) electrons. The van der Waals surface area contributed by atoms with Gasteiger partial charge in [-0.3, -0.25) is 14.6 Å². The van der Waals surface area contributed by atoms with Crippen molar-refractivity contribution in [3.63, 3.8) is 0 Å². The van der Waals surface area contributed by atoms with Crippen LogP contribution in [0.15, 0.2) is 42.2 Å². The highest BCUT2D eigenvalue weighted by atomic mass is 32.1. The van der Waals surface area contributed by atoms with Gasteiger partial charge in [0.25, 0.3) is 5.91 Å². The van der Waals surface area contributed by atoms with Crippen molar-refractivity contribution in [3.05, 3.63) is 52.6 Å². The molecule has 1 unspecified atom stereocenters.